The number of hydrogen-bond donors (Lipinski definition) is 1. The molecule has 0 saturated carbocycles. The van der Waals surface area contributed by atoms with Crippen LogP contribution in [0.1, 0.15) is 29.6 Å². The predicted molar refractivity (Wildman–Crippen MR) is 138 cm³/mol. The van der Waals surface area contributed by atoms with E-state index in [0.29, 0.717) is 45.1 Å². The Labute approximate surface area is 222 Å². The van der Waals surface area contributed by atoms with Gasteiger partial charge < -0.3 is 14.8 Å². The second kappa shape index (κ2) is 12.1. The molecule has 2 saturated heterocycles. The van der Waals surface area contributed by atoms with E-state index in [9.17, 15) is 21.6 Å². The summed E-state index contributed by atoms with van der Waals surface area (Å²) in [5.74, 6) is -0.00102. The SMILES string of the molecule is O=C(NCCOc1ccc(S(=O)(=O)N2CCOCC2)cc1)c1ccc(Cl)c(S(=O)(=O)N2CCCCC2)c1. The molecule has 13 heteroatoms. The molecule has 2 aromatic rings. The van der Waals surface area contributed by atoms with E-state index < -0.39 is 26.0 Å². The summed E-state index contributed by atoms with van der Waals surface area (Å²) >= 11 is 6.18. The van der Waals surface area contributed by atoms with Crippen LogP contribution in [0.2, 0.25) is 5.02 Å². The molecule has 0 aliphatic carbocycles. The minimum atomic E-state index is -3.79. The number of nitrogens with zero attached hydrogens (tertiary/aromatic N) is 2. The first kappa shape index (κ1) is 27.8. The summed E-state index contributed by atoms with van der Waals surface area (Å²) < 4.78 is 65.1. The first-order valence-electron chi connectivity index (χ1n) is 12.1. The van der Waals surface area contributed by atoms with E-state index in [1.54, 1.807) is 12.1 Å². The highest BCUT2D eigenvalue weighted by molar-refractivity contribution is 7.89. The molecule has 2 aliphatic rings. The van der Waals surface area contributed by atoms with Crippen molar-refractivity contribution < 1.29 is 31.1 Å². The Morgan fingerprint density at radius 1 is 0.892 bits per heavy atom. The monoisotopic (exact) mass is 571 g/mol. The first-order chi connectivity index (χ1) is 17.7. The number of sulfonamides is 2. The first-order valence-corrected chi connectivity index (χ1v) is 15.3. The van der Waals surface area contributed by atoms with Crippen molar-refractivity contribution in [1.29, 1.82) is 0 Å². The largest absolute Gasteiger partial charge is 0.492 e. The van der Waals surface area contributed by atoms with Crippen LogP contribution in [0.15, 0.2) is 52.3 Å². The van der Waals surface area contributed by atoms with Crippen LogP contribution in [0.4, 0.5) is 0 Å². The average Bonchev–Trinajstić information content (AvgIpc) is 2.92. The van der Waals surface area contributed by atoms with Gasteiger partial charge in [-0.05, 0) is 55.3 Å². The summed E-state index contributed by atoms with van der Waals surface area (Å²) in [6.07, 6.45) is 2.58. The molecule has 1 amide bonds. The number of hydrogen-bond acceptors (Lipinski definition) is 7. The van der Waals surface area contributed by atoms with Gasteiger partial charge in [-0.3, -0.25) is 4.79 Å². The molecule has 10 nitrogen and oxygen atoms in total. The number of piperidine rings is 1. The lowest BCUT2D eigenvalue weighted by Crippen LogP contribution is -2.40. The highest BCUT2D eigenvalue weighted by atomic mass is 35.5. The van der Waals surface area contributed by atoms with E-state index in [2.05, 4.69) is 5.32 Å². The van der Waals surface area contributed by atoms with E-state index in [0.717, 1.165) is 19.3 Å². The van der Waals surface area contributed by atoms with Crippen molar-refractivity contribution in [3.8, 4) is 5.75 Å². The van der Waals surface area contributed by atoms with Crippen molar-refractivity contribution in [2.45, 2.75) is 29.1 Å². The van der Waals surface area contributed by atoms with Gasteiger partial charge in [0.05, 0.1) is 29.7 Å². The second-order valence-electron chi connectivity index (χ2n) is 8.70. The van der Waals surface area contributed by atoms with Crippen molar-refractivity contribution >= 4 is 37.6 Å². The van der Waals surface area contributed by atoms with Crippen LogP contribution in [0.3, 0.4) is 0 Å². The Hall–Kier alpha value is -2.22. The molecule has 202 valence electrons. The maximum Gasteiger partial charge on any atom is 0.251 e. The zero-order valence-electron chi connectivity index (χ0n) is 20.3. The number of benzene rings is 2. The van der Waals surface area contributed by atoms with Gasteiger partial charge in [-0.1, -0.05) is 18.0 Å². The summed E-state index contributed by atoms with van der Waals surface area (Å²) in [4.78, 5) is 12.7. The third-order valence-electron chi connectivity index (χ3n) is 6.21. The van der Waals surface area contributed by atoms with Crippen molar-refractivity contribution in [3.05, 3.63) is 53.1 Å². The molecule has 2 heterocycles. The van der Waals surface area contributed by atoms with Gasteiger partial charge in [0.25, 0.3) is 5.91 Å². The maximum absolute atomic E-state index is 13.0. The maximum atomic E-state index is 13.0. The average molecular weight is 572 g/mol. The van der Waals surface area contributed by atoms with Crippen LogP contribution in [0.5, 0.6) is 5.75 Å². The molecule has 0 unspecified atom stereocenters. The molecule has 0 radical (unpaired) electrons. The fraction of sp³-hybridized carbons (Fsp3) is 0.458. The van der Waals surface area contributed by atoms with E-state index in [-0.39, 0.29) is 33.5 Å². The molecule has 2 fully saturated rings. The third kappa shape index (κ3) is 6.62. The summed E-state index contributed by atoms with van der Waals surface area (Å²) in [6.45, 7) is 2.55. The minimum absolute atomic E-state index is 0.0736. The molecule has 4 rings (SSSR count). The van der Waals surface area contributed by atoms with Gasteiger partial charge in [0.15, 0.2) is 0 Å². The van der Waals surface area contributed by atoms with Crippen LogP contribution in [-0.2, 0) is 24.8 Å². The van der Waals surface area contributed by atoms with Crippen LogP contribution in [0.25, 0.3) is 0 Å². The molecular formula is C24H30ClN3O7S2. The van der Waals surface area contributed by atoms with Crippen molar-refractivity contribution in [1.82, 2.24) is 13.9 Å². The third-order valence-corrected chi connectivity index (χ3v) is 10.5. The van der Waals surface area contributed by atoms with E-state index in [1.807, 2.05) is 0 Å². The number of halogens is 1. The zero-order chi connectivity index (χ0) is 26.5. The lowest BCUT2D eigenvalue weighted by molar-refractivity contribution is 0.0730. The molecule has 1 N–H and O–H groups in total. The summed E-state index contributed by atoms with van der Waals surface area (Å²) in [5, 5.41) is 2.77. The second-order valence-corrected chi connectivity index (χ2v) is 13.0. The number of rotatable bonds is 9. The predicted octanol–water partition coefficient (Wildman–Crippen LogP) is 2.34. The fourth-order valence-corrected chi connectivity index (χ4v) is 7.59. The molecular weight excluding hydrogens is 542 g/mol. The Balaban J connectivity index is 1.31. The number of ether oxygens (including phenoxy) is 2. The number of carbonyl (C=O) groups excluding carboxylic acids is 1. The lowest BCUT2D eigenvalue weighted by Gasteiger charge is -2.26. The van der Waals surface area contributed by atoms with Crippen LogP contribution < -0.4 is 10.1 Å². The lowest BCUT2D eigenvalue weighted by atomic mass is 10.2. The molecule has 37 heavy (non-hydrogen) atoms. The Bertz CT molecular complexity index is 1310. The normalized spacial score (nSPS) is 17.9. The number of nitrogens with one attached hydrogen (secondary N) is 1. The highest BCUT2D eigenvalue weighted by Crippen LogP contribution is 2.28. The minimum Gasteiger partial charge on any atom is -0.492 e. The van der Waals surface area contributed by atoms with Crippen molar-refractivity contribution in [2.24, 2.45) is 0 Å². The number of carbonyl (C=O) groups is 1. The Kier molecular flexibility index (Phi) is 9.09. The van der Waals surface area contributed by atoms with Crippen molar-refractivity contribution in [2.75, 3.05) is 52.5 Å². The van der Waals surface area contributed by atoms with Crippen LogP contribution in [0, 0.1) is 0 Å². The van der Waals surface area contributed by atoms with E-state index in [4.69, 9.17) is 21.1 Å². The number of amides is 1. The summed E-state index contributed by atoms with van der Waals surface area (Å²) in [6, 6.07) is 10.3. The molecule has 2 aliphatic heterocycles. The van der Waals surface area contributed by atoms with Crippen LogP contribution >= 0.6 is 11.6 Å². The van der Waals surface area contributed by atoms with Gasteiger partial charge in [-0.25, -0.2) is 16.8 Å². The molecule has 2 aromatic carbocycles. The van der Waals surface area contributed by atoms with E-state index >= 15 is 0 Å². The molecule has 0 atom stereocenters. The quantitative estimate of drug-likeness (QED) is 0.458. The van der Waals surface area contributed by atoms with Gasteiger partial charge in [-0.15, -0.1) is 0 Å². The fourth-order valence-electron chi connectivity index (χ4n) is 4.17. The highest BCUT2D eigenvalue weighted by Gasteiger charge is 2.29. The topological polar surface area (TPSA) is 122 Å². The standard InChI is InChI=1S/C24H30ClN3O7S2/c25-22-9-4-19(18-23(22)37(32,33)27-11-2-1-3-12-27)24(29)26-10-15-35-20-5-7-21(8-6-20)36(30,31)28-13-16-34-17-14-28/h4-9,18H,1-3,10-17H2,(H,26,29). The Morgan fingerprint density at radius 3 is 2.22 bits per heavy atom. The van der Waals surface area contributed by atoms with E-state index in [1.165, 1.54) is 38.9 Å². The van der Waals surface area contributed by atoms with Gasteiger partial charge in [0.2, 0.25) is 20.0 Å². The van der Waals surface area contributed by atoms with Crippen LogP contribution in [-0.4, -0.2) is 83.9 Å². The Morgan fingerprint density at radius 2 is 1.54 bits per heavy atom. The van der Waals surface area contributed by atoms with Gasteiger partial charge in [0.1, 0.15) is 17.3 Å². The molecule has 0 bridgehead atoms. The molecule has 0 spiro atoms. The zero-order valence-corrected chi connectivity index (χ0v) is 22.7. The number of morpholine rings is 1. The van der Waals surface area contributed by atoms with Gasteiger partial charge >= 0.3 is 0 Å². The molecule has 0 aromatic heterocycles. The van der Waals surface area contributed by atoms with Crippen molar-refractivity contribution in [3.63, 3.8) is 0 Å². The van der Waals surface area contributed by atoms with Gasteiger partial charge in [-0.2, -0.15) is 8.61 Å². The van der Waals surface area contributed by atoms with Gasteiger partial charge in [0, 0.05) is 31.7 Å². The summed E-state index contributed by atoms with van der Waals surface area (Å²) in [7, 11) is -7.37. The smallest absolute Gasteiger partial charge is 0.251 e. The summed E-state index contributed by atoms with van der Waals surface area (Å²) in [5.41, 5.74) is 0.178.